The number of esters is 2. The molecule has 0 radical (unpaired) electrons. The fourth-order valence-corrected chi connectivity index (χ4v) is 3.61. The molecule has 5 heteroatoms. The summed E-state index contributed by atoms with van der Waals surface area (Å²) in [5, 5.41) is 0. The maximum atomic E-state index is 12.4. The molecule has 0 heterocycles. The van der Waals surface area contributed by atoms with Gasteiger partial charge in [-0.15, -0.1) is 0 Å². The average molecular weight is 455 g/mol. The molecule has 0 fully saturated rings. The number of carbonyl (C=O) groups is 2. The van der Waals surface area contributed by atoms with E-state index in [1.165, 1.54) is 32.8 Å². The SMILES string of the molecule is CCCCCCCCC(=O)Oc1ccc(-c2ccc(OC(=O)C(OC)C(C)CC)cc2)cc1. The van der Waals surface area contributed by atoms with Gasteiger partial charge in [0.2, 0.25) is 0 Å². The Morgan fingerprint density at radius 2 is 1.27 bits per heavy atom. The summed E-state index contributed by atoms with van der Waals surface area (Å²) in [6.07, 6.45) is 7.56. The van der Waals surface area contributed by atoms with Crippen LogP contribution >= 0.6 is 0 Å². The maximum Gasteiger partial charge on any atom is 0.340 e. The summed E-state index contributed by atoms with van der Waals surface area (Å²) < 4.78 is 16.2. The van der Waals surface area contributed by atoms with Gasteiger partial charge in [0.25, 0.3) is 0 Å². The van der Waals surface area contributed by atoms with Crippen molar-refractivity contribution in [2.45, 2.75) is 78.2 Å². The Hall–Kier alpha value is -2.66. The highest BCUT2D eigenvalue weighted by atomic mass is 16.6. The number of benzene rings is 2. The minimum Gasteiger partial charge on any atom is -0.427 e. The number of methoxy groups -OCH3 is 1. The molecule has 2 unspecified atom stereocenters. The minimum absolute atomic E-state index is 0.0835. The highest BCUT2D eigenvalue weighted by Crippen LogP contribution is 2.25. The van der Waals surface area contributed by atoms with Crippen molar-refractivity contribution >= 4 is 11.9 Å². The summed E-state index contributed by atoms with van der Waals surface area (Å²) in [4.78, 5) is 24.4. The standard InChI is InChI=1S/C28H38O5/c1-5-7-8-9-10-11-12-26(29)32-24-17-13-22(14-18-24)23-15-19-25(20-16-23)33-28(30)27(31-4)21(3)6-2/h13-21,27H,5-12H2,1-4H3. The Kier molecular flexibility index (Phi) is 11.7. The van der Waals surface area contributed by atoms with Crippen molar-refractivity contribution in [3.8, 4) is 22.6 Å². The lowest BCUT2D eigenvalue weighted by Crippen LogP contribution is -2.33. The Labute approximate surface area is 198 Å². The van der Waals surface area contributed by atoms with Crippen molar-refractivity contribution in [1.29, 1.82) is 0 Å². The minimum atomic E-state index is -0.578. The summed E-state index contributed by atoms with van der Waals surface area (Å²) >= 11 is 0. The normalized spacial score (nSPS) is 12.7. The van der Waals surface area contributed by atoms with Crippen LogP contribution in [0, 0.1) is 5.92 Å². The molecule has 0 spiro atoms. The van der Waals surface area contributed by atoms with Crippen LogP contribution in [-0.4, -0.2) is 25.2 Å². The number of hydrogen-bond acceptors (Lipinski definition) is 5. The maximum absolute atomic E-state index is 12.4. The topological polar surface area (TPSA) is 61.8 Å². The van der Waals surface area contributed by atoms with Gasteiger partial charge in [-0.2, -0.15) is 0 Å². The van der Waals surface area contributed by atoms with Gasteiger partial charge in [0.05, 0.1) is 0 Å². The lowest BCUT2D eigenvalue weighted by molar-refractivity contribution is -0.148. The van der Waals surface area contributed by atoms with Gasteiger partial charge in [-0.05, 0) is 47.7 Å². The summed E-state index contributed by atoms with van der Waals surface area (Å²) in [7, 11) is 1.52. The second-order valence-electron chi connectivity index (χ2n) is 8.50. The first kappa shape index (κ1) is 26.6. The second kappa shape index (κ2) is 14.5. The Balaban J connectivity index is 1.85. The van der Waals surface area contributed by atoms with Crippen LogP contribution in [0.3, 0.4) is 0 Å². The van der Waals surface area contributed by atoms with Gasteiger partial charge in [0, 0.05) is 13.5 Å². The van der Waals surface area contributed by atoms with Crippen molar-refractivity contribution in [2.24, 2.45) is 5.92 Å². The fourth-order valence-electron chi connectivity index (χ4n) is 3.61. The summed E-state index contributed by atoms with van der Waals surface area (Å²) in [5.41, 5.74) is 1.96. The van der Waals surface area contributed by atoms with Crippen molar-refractivity contribution in [3.05, 3.63) is 48.5 Å². The van der Waals surface area contributed by atoms with E-state index >= 15 is 0 Å². The predicted octanol–water partition coefficient (Wildman–Crippen LogP) is 6.98. The molecule has 0 saturated heterocycles. The highest BCUT2D eigenvalue weighted by Gasteiger charge is 2.25. The lowest BCUT2D eigenvalue weighted by atomic mass is 10.0. The number of hydrogen-bond donors (Lipinski definition) is 0. The van der Waals surface area contributed by atoms with E-state index < -0.39 is 6.10 Å². The molecule has 2 rings (SSSR count). The number of unbranched alkanes of at least 4 members (excludes halogenated alkanes) is 5. The van der Waals surface area contributed by atoms with Gasteiger partial charge in [0.15, 0.2) is 6.10 Å². The first-order chi connectivity index (χ1) is 16.0. The van der Waals surface area contributed by atoms with E-state index in [2.05, 4.69) is 6.92 Å². The molecule has 0 aliphatic carbocycles. The van der Waals surface area contributed by atoms with Crippen LogP contribution in [0.5, 0.6) is 11.5 Å². The largest absolute Gasteiger partial charge is 0.427 e. The van der Waals surface area contributed by atoms with Crippen LogP contribution in [0.1, 0.15) is 72.1 Å². The highest BCUT2D eigenvalue weighted by molar-refractivity contribution is 5.78. The Bertz CT molecular complexity index is 842. The molecule has 0 bridgehead atoms. The van der Waals surface area contributed by atoms with Crippen molar-refractivity contribution in [3.63, 3.8) is 0 Å². The van der Waals surface area contributed by atoms with Gasteiger partial charge in [0.1, 0.15) is 11.5 Å². The van der Waals surface area contributed by atoms with Crippen molar-refractivity contribution in [2.75, 3.05) is 7.11 Å². The monoisotopic (exact) mass is 454 g/mol. The average Bonchev–Trinajstić information content (AvgIpc) is 2.82. The summed E-state index contributed by atoms with van der Waals surface area (Å²) in [5.74, 6) is 0.549. The van der Waals surface area contributed by atoms with E-state index in [0.717, 1.165) is 30.4 Å². The molecule has 180 valence electrons. The summed E-state index contributed by atoms with van der Waals surface area (Å²) in [6, 6.07) is 14.8. The van der Waals surface area contributed by atoms with Crippen LogP contribution in [0.15, 0.2) is 48.5 Å². The molecule has 2 atom stereocenters. The van der Waals surface area contributed by atoms with E-state index in [4.69, 9.17) is 14.2 Å². The molecule has 0 aliphatic rings. The van der Waals surface area contributed by atoms with Crippen LogP contribution in [0.25, 0.3) is 11.1 Å². The molecule has 33 heavy (non-hydrogen) atoms. The molecule has 0 aromatic heterocycles. The zero-order chi connectivity index (χ0) is 24.1. The molecule has 2 aromatic rings. The zero-order valence-electron chi connectivity index (χ0n) is 20.5. The molecule has 2 aromatic carbocycles. The van der Waals surface area contributed by atoms with Crippen LogP contribution < -0.4 is 9.47 Å². The van der Waals surface area contributed by atoms with E-state index in [9.17, 15) is 9.59 Å². The van der Waals surface area contributed by atoms with E-state index in [-0.39, 0.29) is 17.9 Å². The quantitative estimate of drug-likeness (QED) is 0.175. The van der Waals surface area contributed by atoms with E-state index in [1.807, 2.05) is 38.1 Å². The second-order valence-corrected chi connectivity index (χ2v) is 8.50. The predicted molar refractivity (Wildman–Crippen MR) is 131 cm³/mol. The van der Waals surface area contributed by atoms with Gasteiger partial charge >= 0.3 is 11.9 Å². The van der Waals surface area contributed by atoms with E-state index in [1.54, 1.807) is 24.3 Å². The first-order valence-electron chi connectivity index (χ1n) is 12.1. The Morgan fingerprint density at radius 3 is 1.79 bits per heavy atom. The molecule has 5 nitrogen and oxygen atoms in total. The fraction of sp³-hybridized carbons (Fsp3) is 0.500. The number of carbonyl (C=O) groups excluding carboxylic acids is 2. The number of ether oxygens (including phenoxy) is 3. The molecule has 0 aliphatic heterocycles. The Morgan fingerprint density at radius 1 is 0.758 bits per heavy atom. The van der Waals surface area contributed by atoms with Crippen molar-refractivity contribution in [1.82, 2.24) is 0 Å². The van der Waals surface area contributed by atoms with Crippen LogP contribution in [0.2, 0.25) is 0 Å². The van der Waals surface area contributed by atoms with Gasteiger partial charge in [-0.3, -0.25) is 4.79 Å². The third kappa shape index (κ3) is 9.01. The zero-order valence-corrected chi connectivity index (χ0v) is 20.5. The first-order valence-corrected chi connectivity index (χ1v) is 12.1. The van der Waals surface area contributed by atoms with Gasteiger partial charge in [-0.25, -0.2) is 4.79 Å². The molecular formula is C28H38O5. The molecule has 0 N–H and O–H groups in total. The van der Waals surface area contributed by atoms with Crippen LogP contribution in [-0.2, 0) is 14.3 Å². The summed E-state index contributed by atoms with van der Waals surface area (Å²) in [6.45, 7) is 6.18. The molecular weight excluding hydrogens is 416 g/mol. The lowest BCUT2D eigenvalue weighted by Gasteiger charge is -2.19. The third-order valence-electron chi connectivity index (χ3n) is 5.87. The van der Waals surface area contributed by atoms with Gasteiger partial charge < -0.3 is 14.2 Å². The van der Waals surface area contributed by atoms with Crippen LogP contribution in [0.4, 0.5) is 0 Å². The smallest absolute Gasteiger partial charge is 0.340 e. The molecule has 0 amide bonds. The third-order valence-corrected chi connectivity index (χ3v) is 5.87. The van der Waals surface area contributed by atoms with E-state index in [0.29, 0.717) is 17.9 Å². The number of rotatable bonds is 14. The van der Waals surface area contributed by atoms with Gasteiger partial charge in [-0.1, -0.05) is 83.6 Å². The van der Waals surface area contributed by atoms with Crippen molar-refractivity contribution < 1.29 is 23.8 Å². The molecule has 0 saturated carbocycles.